The number of anilines is 2. The monoisotopic (exact) mass is 356 g/mol. The average molecular weight is 356 g/mol. The van der Waals surface area contributed by atoms with Gasteiger partial charge in [0.1, 0.15) is 11.8 Å². The minimum absolute atomic E-state index is 0.0870. The van der Waals surface area contributed by atoms with Crippen LogP contribution in [0.2, 0.25) is 0 Å². The first-order chi connectivity index (χ1) is 13.2. The van der Waals surface area contributed by atoms with Crippen LogP contribution < -0.4 is 9.80 Å². The summed E-state index contributed by atoms with van der Waals surface area (Å²) in [6.07, 6.45) is 0.938. The number of rotatable bonds is 3. The standard InChI is InChI=1S/C24H24N2O/c1-24(17-18-11-5-3-6-12-18)23-25(2)20-15-9-10-16-21(20)26(23)22(27-24)19-13-7-4-8-14-19/h3-16,22-23H,17H2,1-2H3/t22-,23?,24-/m1/s1. The summed E-state index contributed by atoms with van der Waals surface area (Å²) >= 11 is 0. The summed E-state index contributed by atoms with van der Waals surface area (Å²) < 4.78 is 6.82. The molecule has 0 N–H and O–H groups in total. The average Bonchev–Trinajstić information content (AvgIpc) is 3.18. The van der Waals surface area contributed by atoms with Gasteiger partial charge in [-0.2, -0.15) is 0 Å². The van der Waals surface area contributed by atoms with E-state index < -0.39 is 0 Å². The zero-order chi connectivity index (χ0) is 18.4. The van der Waals surface area contributed by atoms with Crippen LogP contribution in [0.15, 0.2) is 84.9 Å². The molecule has 136 valence electrons. The number of likely N-dealkylation sites (N-methyl/N-ethyl adjacent to an activating group) is 1. The van der Waals surface area contributed by atoms with Gasteiger partial charge in [0.2, 0.25) is 0 Å². The first-order valence-corrected chi connectivity index (χ1v) is 9.54. The summed E-state index contributed by atoms with van der Waals surface area (Å²) in [5.41, 5.74) is 4.69. The third-order valence-electron chi connectivity index (χ3n) is 5.83. The molecular weight excluding hydrogens is 332 g/mol. The Morgan fingerprint density at radius 2 is 1.41 bits per heavy atom. The number of benzene rings is 3. The number of nitrogens with zero attached hydrogens (tertiary/aromatic N) is 2. The Kier molecular flexibility index (Phi) is 3.73. The van der Waals surface area contributed by atoms with Crippen LogP contribution in [0.4, 0.5) is 11.4 Å². The topological polar surface area (TPSA) is 15.7 Å². The van der Waals surface area contributed by atoms with Gasteiger partial charge in [-0.1, -0.05) is 72.8 Å². The van der Waals surface area contributed by atoms with E-state index in [2.05, 4.69) is 109 Å². The summed E-state index contributed by atoms with van der Waals surface area (Å²) in [6.45, 7) is 2.25. The van der Waals surface area contributed by atoms with E-state index in [1.165, 1.54) is 22.5 Å². The van der Waals surface area contributed by atoms with Gasteiger partial charge in [0.05, 0.1) is 11.4 Å². The fourth-order valence-electron chi connectivity index (χ4n) is 4.74. The van der Waals surface area contributed by atoms with E-state index in [1.54, 1.807) is 0 Å². The number of fused-ring (bicyclic) bond motifs is 3. The van der Waals surface area contributed by atoms with E-state index >= 15 is 0 Å². The van der Waals surface area contributed by atoms with Crippen LogP contribution in [0.5, 0.6) is 0 Å². The molecule has 2 aliphatic rings. The fourth-order valence-corrected chi connectivity index (χ4v) is 4.74. The van der Waals surface area contributed by atoms with Gasteiger partial charge in [0.25, 0.3) is 0 Å². The lowest BCUT2D eigenvalue weighted by Gasteiger charge is -2.35. The maximum Gasteiger partial charge on any atom is 0.159 e. The molecule has 3 nitrogen and oxygen atoms in total. The Morgan fingerprint density at radius 1 is 0.815 bits per heavy atom. The predicted molar refractivity (Wildman–Crippen MR) is 110 cm³/mol. The summed E-state index contributed by atoms with van der Waals surface area (Å²) in [5, 5.41) is 0. The van der Waals surface area contributed by atoms with Crippen LogP contribution in [0.3, 0.4) is 0 Å². The van der Waals surface area contributed by atoms with E-state index in [9.17, 15) is 0 Å². The molecule has 0 radical (unpaired) electrons. The van der Waals surface area contributed by atoms with Crippen LogP contribution in [-0.2, 0) is 11.2 Å². The van der Waals surface area contributed by atoms with Crippen LogP contribution >= 0.6 is 0 Å². The fraction of sp³-hybridized carbons (Fsp3) is 0.250. The maximum absolute atomic E-state index is 6.82. The zero-order valence-electron chi connectivity index (χ0n) is 15.7. The van der Waals surface area contributed by atoms with Crippen molar-refractivity contribution in [2.75, 3.05) is 16.8 Å². The Balaban J connectivity index is 1.61. The molecule has 3 aromatic carbocycles. The van der Waals surface area contributed by atoms with Crippen molar-refractivity contribution in [1.29, 1.82) is 0 Å². The molecule has 0 spiro atoms. The molecule has 2 heterocycles. The number of hydrogen-bond acceptors (Lipinski definition) is 3. The van der Waals surface area contributed by atoms with Gasteiger partial charge in [-0.05, 0) is 24.6 Å². The Bertz CT molecular complexity index is 943. The van der Waals surface area contributed by atoms with Crippen molar-refractivity contribution in [3.8, 4) is 0 Å². The van der Waals surface area contributed by atoms with Gasteiger partial charge in [-0.15, -0.1) is 0 Å². The molecule has 3 aromatic rings. The highest BCUT2D eigenvalue weighted by Gasteiger charge is 2.56. The van der Waals surface area contributed by atoms with Gasteiger partial charge in [-0.25, -0.2) is 0 Å². The van der Waals surface area contributed by atoms with Crippen LogP contribution in [0.1, 0.15) is 24.3 Å². The van der Waals surface area contributed by atoms with Crippen molar-refractivity contribution in [2.45, 2.75) is 31.3 Å². The van der Waals surface area contributed by atoms with Crippen molar-refractivity contribution in [2.24, 2.45) is 0 Å². The van der Waals surface area contributed by atoms with E-state index in [1.807, 2.05) is 0 Å². The van der Waals surface area contributed by atoms with Crippen LogP contribution in [-0.4, -0.2) is 18.8 Å². The lowest BCUT2D eigenvalue weighted by Crippen LogP contribution is -2.51. The number of ether oxygens (including phenoxy) is 1. The van der Waals surface area contributed by atoms with Crippen molar-refractivity contribution in [3.05, 3.63) is 96.1 Å². The largest absolute Gasteiger partial charge is 0.350 e. The van der Waals surface area contributed by atoms with Crippen LogP contribution in [0.25, 0.3) is 0 Å². The highest BCUT2D eigenvalue weighted by molar-refractivity contribution is 5.79. The molecule has 1 unspecified atom stereocenters. The molecule has 0 aliphatic carbocycles. The molecule has 5 rings (SSSR count). The third-order valence-corrected chi connectivity index (χ3v) is 5.83. The molecule has 3 heteroatoms. The Hall–Kier alpha value is -2.78. The zero-order valence-corrected chi connectivity index (χ0v) is 15.7. The molecule has 2 aliphatic heterocycles. The minimum Gasteiger partial charge on any atom is -0.350 e. The second-order valence-corrected chi connectivity index (χ2v) is 7.74. The second-order valence-electron chi connectivity index (χ2n) is 7.74. The van der Waals surface area contributed by atoms with Gasteiger partial charge < -0.3 is 14.5 Å². The van der Waals surface area contributed by atoms with E-state index in [0.29, 0.717) is 0 Å². The Morgan fingerprint density at radius 3 is 2.11 bits per heavy atom. The lowest BCUT2D eigenvalue weighted by atomic mass is 9.93. The highest BCUT2D eigenvalue weighted by atomic mass is 16.5. The summed E-state index contributed by atoms with van der Waals surface area (Å²) in [7, 11) is 2.18. The van der Waals surface area contributed by atoms with Gasteiger partial charge in [0, 0.05) is 19.0 Å². The molecule has 0 saturated carbocycles. The normalized spacial score (nSPS) is 26.1. The third kappa shape index (κ3) is 2.54. The van der Waals surface area contributed by atoms with E-state index in [0.717, 1.165) is 6.42 Å². The van der Waals surface area contributed by atoms with Crippen molar-refractivity contribution in [1.82, 2.24) is 0 Å². The first kappa shape index (κ1) is 16.4. The van der Waals surface area contributed by atoms with Crippen molar-refractivity contribution >= 4 is 11.4 Å². The summed E-state index contributed by atoms with van der Waals surface area (Å²) in [6, 6.07) is 29.9. The highest BCUT2D eigenvalue weighted by Crippen LogP contribution is 2.53. The first-order valence-electron chi connectivity index (χ1n) is 9.54. The SMILES string of the molecule is CN1c2ccccc2N2C1[C@@](C)(Cc1ccccc1)O[C@@H]2c1ccccc1. The van der Waals surface area contributed by atoms with E-state index in [-0.39, 0.29) is 18.0 Å². The molecule has 0 aromatic heterocycles. The molecule has 27 heavy (non-hydrogen) atoms. The minimum atomic E-state index is -0.324. The molecule has 1 saturated heterocycles. The second kappa shape index (κ2) is 6.14. The Labute approximate surface area is 160 Å². The molecule has 0 bridgehead atoms. The lowest BCUT2D eigenvalue weighted by molar-refractivity contribution is -0.0352. The number of hydrogen-bond donors (Lipinski definition) is 0. The molecule has 0 amide bonds. The molecule has 1 fully saturated rings. The van der Waals surface area contributed by atoms with Crippen molar-refractivity contribution < 1.29 is 4.74 Å². The van der Waals surface area contributed by atoms with Gasteiger partial charge in [-0.3, -0.25) is 0 Å². The van der Waals surface area contributed by atoms with E-state index in [4.69, 9.17) is 4.74 Å². The number of para-hydroxylation sites is 2. The summed E-state index contributed by atoms with van der Waals surface area (Å²) in [5.74, 6) is 0. The van der Waals surface area contributed by atoms with Crippen LogP contribution in [0, 0.1) is 0 Å². The smallest absolute Gasteiger partial charge is 0.159 e. The predicted octanol–water partition coefficient (Wildman–Crippen LogP) is 5.00. The van der Waals surface area contributed by atoms with Gasteiger partial charge in [0.15, 0.2) is 6.23 Å². The molecule has 3 atom stereocenters. The van der Waals surface area contributed by atoms with Gasteiger partial charge >= 0.3 is 0 Å². The quantitative estimate of drug-likeness (QED) is 0.657. The van der Waals surface area contributed by atoms with Crippen molar-refractivity contribution in [3.63, 3.8) is 0 Å². The maximum atomic E-state index is 6.82. The molecular formula is C24H24N2O. The summed E-state index contributed by atoms with van der Waals surface area (Å²) in [4.78, 5) is 4.83.